The summed E-state index contributed by atoms with van der Waals surface area (Å²) in [5.41, 5.74) is 0.327. The molecule has 1 heterocycles. The Bertz CT molecular complexity index is 414. The van der Waals surface area contributed by atoms with Crippen LogP contribution in [0.3, 0.4) is 0 Å². The van der Waals surface area contributed by atoms with E-state index in [2.05, 4.69) is 24.1 Å². The maximum atomic E-state index is 11.5. The highest BCUT2D eigenvalue weighted by molar-refractivity contribution is 7.88. The Hall–Kier alpha value is -0.170. The van der Waals surface area contributed by atoms with Gasteiger partial charge in [-0.3, -0.25) is 4.90 Å². The van der Waals surface area contributed by atoms with Crippen LogP contribution in [0, 0.1) is 5.41 Å². The zero-order valence-corrected chi connectivity index (χ0v) is 13.3. The first-order valence-electron chi connectivity index (χ1n) is 7.12. The molecule has 1 aliphatic heterocycles. The van der Waals surface area contributed by atoms with Crippen LogP contribution in [0.25, 0.3) is 0 Å². The van der Waals surface area contributed by atoms with Crippen molar-refractivity contribution in [1.29, 1.82) is 0 Å². The van der Waals surface area contributed by atoms with Crippen molar-refractivity contribution in [1.82, 2.24) is 14.5 Å². The van der Waals surface area contributed by atoms with Crippen molar-refractivity contribution in [3.8, 4) is 0 Å². The highest BCUT2D eigenvalue weighted by Gasteiger charge is 2.44. The summed E-state index contributed by atoms with van der Waals surface area (Å²) >= 11 is 0. The third kappa shape index (κ3) is 3.12. The molecular formula is C13H27N3O2S. The Morgan fingerprint density at radius 1 is 1.16 bits per heavy atom. The summed E-state index contributed by atoms with van der Waals surface area (Å²) < 4.78 is 24.7. The second-order valence-corrected chi connectivity index (χ2v) is 8.54. The van der Waals surface area contributed by atoms with Crippen LogP contribution in [0.4, 0.5) is 0 Å². The van der Waals surface area contributed by atoms with Gasteiger partial charge in [-0.2, -0.15) is 4.31 Å². The molecule has 1 aliphatic carbocycles. The van der Waals surface area contributed by atoms with E-state index in [1.807, 2.05) is 7.05 Å². The molecular weight excluding hydrogens is 262 g/mol. The van der Waals surface area contributed by atoms with Gasteiger partial charge in [0.15, 0.2) is 0 Å². The lowest BCUT2D eigenvalue weighted by Crippen LogP contribution is -2.57. The third-order valence-electron chi connectivity index (χ3n) is 4.83. The van der Waals surface area contributed by atoms with E-state index in [0.717, 1.165) is 13.1 Å². The van der Waals surface area contributed by atoms with Crippen LogP contribution in [-0.4, -0.2) is 69.2 Å². The molecule has 6 heteroatoms. The number of piperazine rings is 1. The molecule has 2 atom stereocenters. The van der Waals surface area contributed by atoms with Gasteiger partial charge in [-0.25, -0.2) is 8.42 Å². The number of nitrogens with zero attached hydrogens (tertiary/aromatic N) is 2. The van der Waals surface area contributed by atoms with Crippen LogP contribution < -0.4 is 5.32 Å². The van der Waals surface area contributed by atoms with E-state index in [1.54, 1.807) is 4.31 Å². The van der Waals surface area contributed by atoms with Crippen LogP contribution in [-0.2, 0) is 10.0 Å². The fourth-order valence-electron chi connectivity index (χ4n) is 3.71. The van der Waals surface area contributed by atoms with Crippen LogP contribution >= 0.6 is 0 Å². The van der Waals surface area contributed by atoms with E-state index >= 15 is 0 Å². The highest BCUT2D eigenvalue weighted by Crippen LogP contribution is 2.39. The molecule has 0 aromatic carbocycles. The van der Waals surface area contributed by atoms with E-state index < -0.39 is 10.0 Å². The molecule has 0 radical (unpaired) electrons. The van der Waals surface area contributed by atoms with E-state index in [4.69, 9.17) is 0 Å². The highest BCUT2D eigenvalue weighted by atomic mass is 32.2. The van der Waals surface area contributed by atoms with Gasteiger partial charge in [-0.15, -0.1) is 0 Å². The topological polar surface area (TPSA) is 52.6 Å². The fourth-order valence-corrected chi connectivity index (χ4v) is 4.53. The summed E-state index contributed by atoms with van der Waals surface area (Å²) in [4.78, 5) is 2.47. The summed E-state index contributed by atoms with van der Waals surface area (Å²) in [6.07, 6.45) is 3.74. The lowest BCUT2D eigenvalue weighted by molar-refractivity contribution is 0.109. The van der Waals surface area contributed by atoms with Gasteiger partial charge in [0.05, 0.1) is 6.26 Å². The normalized spacial score (nSPS) is 33.7. The second kappa shape index (κ2) is 5.31. The molecule has 5 nitrogen and oxygen atoms in total. The molecule has 1 N–H and O–H groups in total. The minimum absolute atomic E-state index is 0.327. The minimum atomic E-state index is -3.02. The molecule has 1 saturated carbocycles. The van der Waals surface area contributed by atoms with Gasteiger partial charge in [-0.1, -0.05) is 13.8 Å². The molecule has 2 fully saturated rings. The first-order chi connectivity index (χ1) is 8.75. The third-order valence-corrected chi connectivity index (χ3v) is 6.14. The average Bonchev–Trinajstić information content (AvgIpc) is 2.63. The summed E-state index contributed by atoms with van der Waals surface area (Å²) in [5, 5.41) is 3.47. The van der Waals surface area contributed by atoms with E-state index in [0.29, 0.717) is 30.6 Å². The summed E-state index contributed by atoms with van der Waals surface area (Å²) in [7, 11) is -0.985. The van der Waals surface area contributed by atoms with E-state index in [1.165, 1.54) is 19.1 Å². The minimum Gasteiger partial charge on any atom is -0.315 e. The lowest BCUT2D eigenvalue weighted by atomic mass is 9.86. The second-order valence-electron chi connectivity index (χ2n) is 6.56. The first kappa shape index (κ1) is 15.2. The molecule has 19 heavy (non-hydrogen) atoms. The fraction of sp³-hybridized carbons (Fsp3) is 1.00. The van der Waals surface area contributed by atoms with Gasteiger partial charge < -0.3 is 5.32 Å². The smallest absolute Gasteiger partial charge is 0.211 e. The summed E-state index contributed by atoms with van der Waals surface area (Å²) in [6.45, 7) is 7.61. The molecule has 2 rings (SSSR count). The van der Waals surface area contributed by atoms with Crippen molar-refractivity contribution in [2.75, 3.05) is 39.5 Å². The standard InChI is InChI=1S/C13H27N3O2S/c1-13(2)6-5-11(12(13)14-3)15-7-9-16(10-8-15)19(4,17)18/h11-12,14H,5-10H2,1-4H3. The summed E-state index contributed by atoms with van der Waals surface area (Å²) in [6, 6.07) is 1.04. The van der Waals surface area contributed by atoms with Crippen molar-refractivity contribution in [3.05, 3.63) is 0 Å². The van der Waals surface area contributed by atoms with E-state index in [9.17, 15) is 8.42 Å². The number of nitrogens with one attached hydrogen (secondary N) is 1. The van der Waals surface area contributed by atoms with Gasteiger partial charge >= 0.3 is 0 Å². The summed E-state index contributed by atoms with van der Waals surface area (Å²) in [5.74, 6) is 0. The molecule has 0 bridgehead atoms. The molecule has 112 valence electrons. The Balaban J connectivity index is 1.99. The number of likely N-dealkylation sites (N-methyl/N-ethyl adjacent to an activating group) is 1. The van der Waals surface area contributed by atoms with Crippen molar-refractivity contribution in [3.63, 3.8) is 0 Å². The number of sulfonamides is 1. The molecule has 2 aliphatic rings. The van der Waals surface area contributed by atoms with Gasteiger partial charge in [0, 0.05) is 38.3 Å². The molecule has 0 spiro atoms. The number of rotatable bonds is 3. The molecule has 1 saturated heterocycles. The first-order valence-corrected chi connectivity index (χ1v) is 8.97. The zero-order valence-electron chi connectivity index (χ0n) is 12.5. The molecule has 0 amide bonds. The molecule has 2 unspecified atom stereocenters. The van der Waals surface area contributed by atoms with Gasteiger partial charge in [0.1, 0.15) is 0 Å². The Morgan fingerprint density at radius 2 is 1.74 bits per heavy atom. The molecule has 0 aromatic rings. The van der Waals surface area contributed by atoms with Gasteiger partial charge in [0.25, 0.3) is 0 Å². The monoisotopic (exact) mass is 289 g/mol. The van der Waals surface area contributed by atoms with Crippen molar-refractivity contribution in [2.45, 2.75) is 38.8 Å². The maximum absolute atomic E-state index is 11.5. The number of hydrogen-bond acceptors (Lipinski definition) is 4. The van der Waals surface area contributed by atoms with Crippen LogP contribution in [0.15, 0.2) is 0 Å². The SMILES string of the molecule is CNC1C(N2CCN(S(C)(=O)=O)CC2)CCC1(C)C. The zero-order chi connectivity index (χ0) is 14.3. The van der Waals surface area contributed by atoms with Crippen LogP contribution in [0.1, 0.15) is 26.7 Å². The Morgan fingerprint density at radius 3 is 2.21 bits per heavy atom. The van der Waals surface area contributed by atoms with Gasteiger partial charge in [0.2, 0.25) is 10.0 Å². The van der Waals surface area contributed by atoms with E-state index in [-0.39, 0.29) is 0 Å². The Labute approximate surface area is 117 Å². The molecule has 0 aromatic heterocycles. The lowest BCUT2D eigenvalue weighted by Gasteiger charge is -2.41. The maximum Gasteiger partial charge on any atom is 0.211 e. The quantitative estimate of drug-likeness (QED) is 0.814. The average molecular weight is 289 g/mol. The predicted molar refractivity (Wildman–Crippen MR) is 77.6 cm³/mol. The predicted octanol–water partition coefficient (Wildman–Crippen LogP) is 0.340. The van der Waals surface area contributed by atoms with Crippen LogP contribution in [0.2, 0.25) is 0 Å². The van der Waals surface area contributed by atoms with Crippen molar-refractivity contribution >= 4 is 10.0 Å². The van der Waals surface area contributed by atoms with Crippen molar-refractivity contribution < 1.29 is 8.42 Å². The van der Waals surface area contributed by atoms with Gasteiger partial charge in [-0.05, 0) is 25.3 Å². The van der Waals surface area contributed by atoms with Crippen LogP contribution in [0.5, 0.6) is 0 Å². The Kier molecular flexibility index (Phi) is 4.26. The van der Waals surface area contributed by atoms with Crippen molar-refractivity contribution in [2.24, 2.45) is 5.41 Å². The number of hydrogen-bond donors (Lipinski definition) is 1. The largest absolute Gasteiger partial charge is 0.315 e.